The fraction of sp³-hybridized carbons (Fsp3) is 0.722. The van der Waals surface area contributed by atoms with Gasteiger partial charge in [0.15, 0.2) is 5.78 Å². The van der Waals surface area contributed by atoms with Gasteiger partial charge in [0.25, 0.3) is 0 Å². The van der Waals surface area contributed by atoms with Crippen molar-refractivity contribution < 1.29 is 19.7 Å². The molecule has 4 nitrogen and oxygen atoms in total. The number of carbonyl (C=O) groups excluding carboxylic acids is 1. The topological polar surface area (TPSA) is 66.8 Å². The summed E-state index contributed by atoms with van der Waals surface area (Å²) >= 11 is 6.61. The van der Waals surface area contributed by atoms with Crippen LogP contribution in [0.5, 0.6) is 0 Å². The zero-order valence-corrected chi connectivity index (χ0v) is 14.3. The molecule has 0 radical (unpaired) electrons. The molecule has 3 aliphatic carbocycles. The fourth-order valence-electron chi connectivity index (χ4n) is 4.91. The Morgan fingerprint density at radius 1 is 1.43 bits per heavy atom. The Kier molecular flexibility index (Phi) is 3.30. The molecule has 0 saturated heterocycles. The van der Waals surface area contributed by atoms with Crippen molar-refractivity contribution in [1.29, 1.82) is 0 Å². The van der Waals surface area contributed by atoms with Crippen molar-refractivity contribution in [2.24, 2.45) is 11.3 Å². The summed E-state index contributed by atoms with van der Waals surface area (Å²) in [4.78, 5) is 13.2. The van der Waals surface area contributed by atoms with Crippen molar-refractivity contribution in [3.63, 3.8) is 0 Å². The number of ketones is 1. The van der Waals surface area contributed by atoms with E-state index < -0.39 is 22.5 Å². The first kappa shape index (κ1) is 15.7. The van der Waals surface area contributed by atoms with Crippen molar-refractivity contribution in [3.05, 3.63) is 23.0 Å². The number of carbonyl (C=O) groups is 1. The molecule has 6 atom stereocenters. The molecule has 4 rings (SSSR count). The largest absolute Gasteiger partial charge is 0.493 e. The molecule has 23 heavy (non-hydrogen) atoms. The van der Waals surface area contributed by atoms with Gasteiger partial charge in [0, 0.05) is 24.3 Å². The average molecular weight is 339 g/mol. The SMILES string of the molecule is CC1=C2CC(O)(CC1)CC1C3=COC3CC(Cl)C1(C)C(=O)C2O. The van der Waals surface area contributed by atoms with Gasteiger partial charge >= 0.3 is 0 Å². The van der Waals surface area contributed by atoms with Crippen molar-refractivity contribution in [1.82, 2.24) is 0 Å². The van der Waals surface area contributed by atoms with Crippen molar-refractivity contribution in [2.75, 3.05) is 0 Å². The third-order valence-electron chi connectivity index (χ3n) is 6.66. The highest BCUT2D eigenvalue weighted by atomic mass is 35.5. The predicted molar refractivity (Wildman–Crippen MR) is 85.9 cm³/mol. The molecule has 4 aliphatic rings. The third-order valence-corrected chi connectivity index (χ3v) is 7.30. The number of rotatable bonds is 0. The molecule has 6 unspecified atom stereocenters. The van der Waals surface area contributed by atoms with Crippen LogP contribution in [0.15, 0.2) is 23.0 Å². The summed E-state index contributed by atoms with van der Waals surface area (Å²) in [7, 11) is 0. The van der Waals surface area contributed by atoms with E-state index in [0.29, 0.717) is 31.3 Å². The standard InChI is InChI=1S/C18H23ClO4/c1-9-3-4-18(22)6-10(9)15(20)16(21)17(2)12(7-18)11-8-23-13(11)5-14(17)19/h8,12-15,20,22H,3-7H2,1-2H3. The van der Waals surface area contributed by atoms with Gasteiger partial charge < -0.3 is 14.9 Å². The number of allylic oxidation sites excluding steroid dienone is 1. The molecule has 0 aromatic carbocycles. The lowest BCUT2D eigenvalue weighted by Gasteiger charge is -2.55. The van der Waals surface area contributed by atoms with Gasteiger partial charge in [-0.3, -0.25) is 4.79 Å². The summed E-state index contributed by atoms with van der Waals surface area (Å²) < 4.78 is 5.48. The highest BCUT2D eigenvalue weighted by molar-refractivity contribution is 6.23. The van der Waals surface area contributed by atoms with E-state index in [4.69, 9.17) is 16.3 Å². The van der Waals surface area contributed by atoms with Crippen molar-refractivity contribution in [3.8, 4) is 0 Å². The van der Waals surface area contributed by atoms with Crippen molar-refractivity contribution in [2.45, 2.75) is 69.1 Å². The molecule has 1 heterocycles. The number of alkyl halides is 1. The first-order valence-corrected chi connectivity index (χ1v) is 8.83. The summed E-state index contributed by atoms with van der Waals surface area (Å²) in [5, 5.41) is 21.5. The second kappa shape index (κ2) is 4.84. The maximum absolute atomic E-state index is 13.2. The van der Waals surface area contributed by atoms with Crippen LogP contribution >= 0.6 is 11.6 Å². The molecule has 126 valence electrons. The molecule has 0 spiro atoms. The lowest BCUT2D eigenvalue weighted by atomic mass is 9.54. The van der Waals surface area contributed by atoms with Crippen molar-refractivity contribution >= 4 is 17.4 Å². The summed E-state index contributed by atoms with van der Waals surface area (Å²) in [6, 6.07) is 0. The quantitative estimate of drug-likeness (QED) is 0.526. The van der Waals surface area contributed by atoms with Gasteiger partial charge in [-0.25, -0.2) is 0 Å². The van der Waals surface area contributed by atoms with Gasteiger partial charge in [0.05, 0.1) is 22.7 Å². The van der Waals surface area contributed by atoms with Gasteiger partial charge in [0.1, 0.15) is 12.2 Å². The highest BCUT2D eigenvalue weighted by Gasteiger charge is 2.60. The van der Waals surface area contributed by atoms with Crippen LogP contribution in [0.1, 0.15) is 46.0 Å². The number of hydrogen-bond acceptors (Lipinski definition) is 4. The van der Waals surface area contributed by atoms with Gasteiger partial charge in [-0.1, -0.05) is 12.5 Å². The van der Waals surface area contributed by atoms with Crippen LogP contribution in [0, 0.1) is 11.3 Å². The van der Waals surface area contributed by atoms with E-state index in [-0.39, 0.29) is 17.8 Å². The van der Waals surface area contributed by atoms with E-state index in [1.165, 1.54) is 0 Å². The normalized spacial score (nSPS) is 49.1. The van der Waals surface area contributed by atoms with E-state index in [2.05, 4.69) is 0 Å². The smallest absolute Gasteiger partial charge is 0.173 e. The summed E-state index contributed by atoms with van der Waals surface area (Å²) in [5.41, 5.74) is 1.06. The van der Waals surface area contributed by atoms with Crippen LogP contribution in [-0.4, -0.2) is 39.2 Å². The minimum atomic E-state index is -1.16. The van der Waals surface area contributed by atoms with Gasteiger partial charge in [-0.15, -0.1) is 11.6 Å². The molecule has 2 fully saturated rings. The van der Waals surface area contributed by atoms with Crippen LogP contribution in [0.25, 0.3) is 0 Å². The number of ether oxygens (including phenoxy) is 1. The van der Waals surface area contributed by atoms with E-state index >= 15 is 0 Å². The molecule has 2 N–H and O–H groups in total. The molecule has 0 aromatic rings. The molecule has 2 saturated carbocycles. The Hall–Kier alpha value is -0.840. The van der Waals surface area contributed by atoms with Crippen LogP contribution < -0.4 is 0 Å². The predicted octanol–water partition coefficient (Wildman–Crippen LogP) is 2.47. The van der Waals surface area contributed by atoms with Crippen LogP contribution in [0.4, 0.5) is 0 Å². The zero-order chi connectivity index (χ0) is 16.6. The van der Waals surface area contributed by atoms with Crippen LogP contribution in [0.2, 0.25) is 0 Å². The molecular formula is C18H23ClO4. The lowest BCUT2D eigenvalue weighted by molar-refractivity contribution is -0.146. The van der Waals surface area contributed by atoms with Crippen LogP contribution in [0.3, 0.4) is 0 Å². The summed E-state index contributed by atoms with van der Waals surface area (Å²) in [5.74, 6) is -0.364. The Morgan fingerprint density at radius 2 is 2.17 bits per heavy atom. The van der Waals surface area contributed by atoms with E-state index in [1.807, 2.05) is 13.8 Å². The maximum Gasteiger partial charge on any atom is 0.173 e. The molecule has 0 amide bonds. The molecule has 0 aromatic heterocycles. The first-order chi connectivity index (χ1) is 10.8. The van der Waals surface area contributed by atoms with E-state index in [1.54, 1.807) is 6.26 Å². The zero-order valence-electron chi connectivity index (χ0n) is 13.5. The Balaban J connectivity index is 1.86. The van der Waals surface area contributed by atoms with Crippen LogP contribution in [-0.2, 0) is 9.53 Å². The van der Waals surface area contributed by atoms with E-state index in [0.717, 1.165) is 17.6 Å². The van der Waals surface area contributed by atoms with Gasteiger partial charge in [-0.2, -0.15) is 0 Å². The monoisotopic (exact) mass is 338 g/mol. The third kappa shape index (κ3) is 2.01. The second-order valence-corrected chi connectivity index (χ2v) is 8.49. The number of fused-ring (bicyclic) bond motifs is 5. The highest BCUT2D eigenvalue weighted by Crippen LogP contribution is 2.57. The second-order valence-electron chi connectivity index (χ2n) is 7.96. The maximum atomic E-state index is 13.2. The Bertz CT molecular complexity index is 639. The van der Waals surface area contributed by atoms with Gasteiger partial charge in [0.2, 0.25) is 0 Å². The number of aliphatic hydroxyl groups excluding tert-OH is 1. The molecule has 5 heteroatoms. The first-order valence-electron chi connectivity index (χ1n) is 8.39. The summed E-state index contributed by atoms with van der Waals surface area (Å²) in [6.45, 7) is 3.81. The number of aliphatic hydroxyl groups is 2. The number of halogens is 1. The molecule has 1 aliphatic heterocycles. The molecule has 2 bridgehead atoms. The molecular weight excluding hydrogens is 316 g/mol. The Labute approximate surface area is 141 Å². The minimum Gasteiger partial charge on any atom is -0.493 e. The van der Waals surface area contributed by atoms with Gasteiger partial charge in [-0.05, 0) is 31.8 Å². The fourth-order valence-corrected chi connectivity index (χ4v) is 5.33. The minimum absolute atomic E-state index is 0.0381. The average Bonchev–Trinajstić information content (AvgIpc) is 2.49. The van der Waals surface area contributed by atoms with E-state index in [9.17, 15) is 15.0 Å². The number of hydrogen-bond donors (Lipinski definition) is 2. The lowest BCUT2D eigenvalue weighted by Crippen LogP contribution is -2.60. The summed E-state index contributed by atoms with van der Waals surface area (Å²) in [6.07, 6.45) is 3.38. The Morgan fingerprint density at radius 3 is 2.83 bits per heavy atom. The number of Topliss-reactive ketones (excluding diaryl/α,β-unsaturated/α-hetero) is 1.